The van der Waals surface area contributed by atoms with Crippen LogP contribution in [0.4, 0.5) is 0 Å². The highest BCUT2D eigenvalue weighted by Crippen LogP contribution is 2.50. The molecule has 0 rings (SSSR count). The molecule has 0 aromatic heterocycles. The summed E-state index contributed by atoms with van der Waals surface area (Å²) in [6, 6.07) is 1.15. The predicted octanol–water partition coefficient (Wildman–Crippen LogP) is 10.1. The van der Waals surface area contributed by atoms with Gasteiger partial charge in [0.05, 0.1) is 0 Å². The maximum absolute atomic E-state index is 6.54. The highest BCUT2D eigenvalue weighted by molar-refractivity contribution is 6.70. The standard InChI is InChI=1S/C28H60O2Si/c1-9-12-13-14-15-16-17-18-19-20-21-22-23-24-25-31(29-10-2,30-11-3)28(7,8)27(6)26(4)5/h26-27H,9-25H2,1-8H3. The Morgan fingerprint density at radius 1 is 0.581 bits per heavy atom. The lowest BCUT2D eigenvalue weighted by molar-refractivity contribution is 0.131. The van der Waals surface area contributed by atoms with Gasteiger partial charge in [-0.05, 0) is 31.7 Å². The molecule has 0 amide bonds. The van der Waals surface area contributed by atoms with Gasteiger partial charge in [0, 0.05) is 18.3 Å². The van der Waals surface area contributed by atoms with Crippen molar-refractivity contribution in [1.29, 1.82) is 0 Å². The van der Waals surface area contributed by atoms with Crippen molar-refractivity contribution in [1.82, 2.24) is 0 Å². The van der Waals surface area contributed by atoms with E-state index in [0.717, 1.165) is 19.3 Å². The van der Waals surface area contributed by atoms with E-state index < -0.39 is 8.56 Å². The van der Waals surface area contributed by atoms with E-state index in [9.17, 15) is 0 Å². The molecule has 188 valence electrons. The molecule has 0 radical (unpaired) electrons. The zero-order valence-corrected chi connectivity index (χ0v) is 24.0. The van der Waals surface area contributed by atoms with Crippen LogP contribution in [0.1, 0.15) is 145 Å². The minimum Gasteiger partial charge on any atom is -0.394 e. The van der Waals surface area contributed by atoms with Gasteiger partial charge in [-0.25, -0.2) is 0 Å². The lowest BCUT2D eigenvalue weighted by atomic mass is 9.86. The van der Waals surface area contributed by atoms with Crippen molar-refractivity contribution in [2.75, 3.05) is 13.2 Å². The Morgan fingerprint density at radius 3 is 1.26 bits per heavy atom. The summed E-state index contributed by atoms with van der Waals surface area (Å²) < 4.78 is 13.1. The fraction of sp³-hybridized carbons (Fsp3) is 1.00. The first-order valence-electron chi connectivity index (χ1n) is 14.1. The maximum Gasteiger partial charge on any atom is 0.344 e. The van der Waals surface area contributed by atoms with Crippen molar-refractivity contribution in [3.05, 3.63) is 0 Å². The first-order valence-corrected chi connectivity index (χ1v) is 16.1. The van der Waals surface area contributed by atoms with Gasteiger partial charge in [0.15, 0.2) is 0 Å². The predicted molar refractivity (Wildman–Crippen MR) is 142 cm³/mol. The van der Waals surface area contributed by atoms with Crippen LogP contribution >= 0.6 is 0 Å². The van der Waals surface area contributed by atoms with E-state index in [1.165, 1.54) is 89.9 Å². The summed E-state index contributed by atoms with van der Waals surface area (Å²) in [6.45, 7) is 20.0. The quantitative estimate of drug-likeness (QED) is 0.119. The van der Waals surface area contributed by atoms with Gasteiger partial charge in [-0.2, -0.15) is 0 Å². The minimum atomic E-state index is -2.25. The van der Waals surface area contributed by atoms with E-state index in [1.807, 2.05) is 0 Å². The Morgan fingerprint density at radius 2 is 0.935 bits per heavy atom. The summed E-state index contributed by atoms with van der Waals surface area (Å²) in [5, 5.41) is 0.129. The molecule has 1 unspecified atom stereocenters. The average molecular weight is 457 g/mol. The van der Waals surface area contributed by atoms with Gasteiger partial charge >= 0.3 is 8.56 Å². The lowest BCUT2D eigenvalue weighted by Gasteiger charge is -2.47. The van der Waals surface area contributed by atoms with Crippen LogP contribution in [0.2, 0.25) is 11.1 Å². The molecule has 0 bridgehead atoms. The van der Waals surface area contributed by atoms with E-state index in [0.29, 0.717) is 11.8 Å². The van der Waals surface area contributed by atoms with Crippen molar-refractivity contribution in [3.63, 3.8) is 0 Å². The molecular formula is C28H60O2Si. The van der Waals surface area contributed by atoms with E-state index in [1.54, 1.807) is 0 Å². The first kappa shape index (κ1) is 31.1. The van der Waals surface area contributed by atoms with Crippen molar-refractivity contribution in [3.8, 4) is 0 Å². The Labute approximate surface area is 198 Å². The van der Waals surface area contributed by atoms with Crippen LogP contribution in [0.5, 0.6) is 0 Å². The Balaban J connectivity index is 4.19. The summed E-state index contributed by atoms with van der Waals surface area (Å²) in [5.74, 6) is 1.25. The summed E-state index contributed by atoms with van der Waals surface area (Å²) in [4.78, 5) is 0. The molecule has 2 nitrogen and oxygen atoms in total. The molecule has 0 aromatic carbocycles. The van der Waals surface area contributed by atoms with Gasteiger partial charge in [0.25, 0.3) is 0 Å². The fourth-order valence-corrected chi connectivity index (χ4v) is 9.51. The second-order valence-electron chi connectivity index (χ2n) is 10.7. The molecular weight excluding hydrogens is 396 g/mol. The molecule has 3 heteroatoms. The van der Waals surface area contributed by atoms with Crippen molar-refractivity contribution < 1.29 is 8.85 Å². The highest BCUT2D eigenvalue weighted by Gasteiger charge is 2.54. The third-order valence-corrected chi connectivity index (χ3v) is 12.7. The van der Waals surface area contributed by atoms with Crippen molar-refractivity contribution >= 4 is 8.56 Å². The largest absolute Gasteiger partial charge is 0.394 e. The first-order chi connectivity index (χ1) is 14.8. The average Bonchev–Trinajstić information content (AvgIpc) is 2.73. The monoisotopic (exact) mass is 456 g/mol. The molecule has 1 atom stereocenters. The van der Waals surface area contributed by atoms with Crippen molar-refractivity contribution in [2.24, 2.45) is 11.8 Å². The van der Waals surface area contributed by atoms with E-state index in [-0.39, 0.29) is 5.04 Å². The summed E-state index contributed by atoms with van der Waals surface area (Å²) in [5.41, 5.74) is 0. The van der Waals surface area contributed by atoms with Crippen LogP contribution < -0.4 is 0 Å². The van der Waals surface area contributed by atoms with Crippen LogP contribution in [0.3, 0.4) is 0 Å². The molecule has 0 aliphatic carbocycles. The maximum atomic E-state index is 6.54. The van der Waals surface area contributed by atoms with E-state index in [4.69, 9.17) is 8.85 Å². The normalized spacial score (nSPS) is 13.8. The third-order valence-electron chi connectivity index (χ3n) is 7.73. The molecule has 31 heavy (non-hydrogen) atoms. The zero-order valence-electron chi connectivity index (χ0n) is 23.0. The Hall–Kier alpha value is 0.137. The van der Waals surface area contributed by atoms with Gasteiger partial charge in [-0.1, -0.05) is 131 Å². The second-order valence-corrected chi connectivity index (χ2v) is 14.6. The van der Waals surface area contributed by atoms with Gasteiger partial charge in [0.2, 0.25) is 0 Å². The summed E-state index contributed by atoms with van der Waals surface area (Å²) >= 11 is 0. The number of unbranched alkanes of at least 4 members (excludes halogenated alkanes) is 13. The Bertz CT molecular complexity index is 388. The third kappa shape index (κ3) is 12.2. The van der Waals surface area contributed by atoms with Gasteiger partial charge in [-0.3, -0.25) is 0 Å². The SMILES string of the molecule is CCCCCCCCCCCCCCCC[Si](OCC)(OCC)C(C)(C)C(C)C(C)C. The van der Waals surface area contributed by atoms with E-state index >= 15 is 0 Å². The minimum absolute atomic E-state index is 0.129. The van der Waals surface area contributed by atoms with Crippen molar-refractivity contribution in [2.45, 2.75) is 156 Å². The Kier molecular flexibility index (Phi) is 18.6. The topological polar surface area (TPSA) is 18.5 Å². The molecule has 0 spiro atoms. The van der Waals surface area contributed by atoms with Crippen LogP contribution in [0, 0.1) is 11.8 Å². The number of hydrogen-bond acceptors (Lipinski definition) is 2. The second kappa shape index (κ2) is 18.6. The fourth-order valence-electron chi connectivity index (χ4n) is 5.08. The van der Waals surface area contributed by atoms with E-state index in [2.05, 4.69) is 55.4 Å². The highest BCUT2D eigenvalue weighted by atomic mass is 28.4. The van der Waals surface area contributed by atoms with Gasteiger partial charge in [-0.15, -0.1) is 0 Å². The molecule has 0 saturated carbocycles. The number of hydrogen-bond donors (Lipinski definition) is 0. The molecule has 0 heterocycles. The van der Waals surface area contributed by atoms with Crippen LogP contribution in [0.25, 0.3) is 0 Å². The lowest BCUT2D eigenvalue weighted by Crippen LogP contribution is -2.54. The molecule has 0 aliphatic heterocycles. The smallest absolute Gasteiger partial charge is 0.344 e. The molecule has 0 saturated heterocycles. The van der Waals surface area contributed by atoms with Gasteiger partial charge in [0.1, 0.15) is 0 Å². The van der Waals surface area contributed by atoms with Crippen LogP contribution in [-0.4, -0.2) is 21.8 Å². The number of rotatable bonds is 22. The van der Waals surface area contributed by atoms with Crippen LogP contribution in [0.15, 0.2) is 0 Å². The summed E-state index contributed by atoms with van der Waals surface area (Å²) in [7, 11) is -2.25. The molecule has 0 N–H and O–H groups in total. The molecule has 0 aromatic rings. The molecule has 0 fully saturated rings. The van der Waals surface area contributed by atoms with Gasteiger partial charge < -0.3 is 8.85 Å². The van der Waals surface area contributed by atoms with Crippen LogP contribution in [-0.2, 0) is 8.85 Å². The zero-order chi connectivity index (χ0) is 23.6. The summed E-state index contributed by atoms with van der Waals surface area (Å²) in [6.07, 6.45) is 19.7. The molecule has 0 aliphatic rings.